The first-order valence-corrected chi connectivity index (χ1v) is 9.92. The molecular weight excluding hydrogens is 367 g/mol. The Kier molecular flexibility index (Phi) is 11.4. The average Bonchev–Trinajstić information content (AvgIpc) is 2.60. The predicted octanol–water partition coefficient (Wildman–Crippen LogP) is 5.06. The molecule has 0 heterocycles. The molecule has 0 bridgehead atoms. The third kappa shape index (κ3) is 7.85. The number of rotatable bonds is 12. The Hall–Kier alpha value is -1.44. The molecule has 0 amide bonds. The maximum Gasteiger partial charge on any atom is 0.705 e. The zero-order chi connectivity index (χ0) is 20.2. The molecule has 0 N–H and O–H groups in total. The van der Waals surface area contributed by atoms with Crippen molar-refractivity contribution in [2.24, 2.45) is 0 Å². The Morgan fingerprint density at radius 2 is 1.00 bits per heavy atom. The van der Waals surface area contributed by atoms with E-state index in [1.165, 1.54) is 0 Å². The fraction of sp³-hybridized carbons (Fsp3) is 0.875. The molecule has 26 heavy (non-hydrogen) atoms. The smallest absolute Gasteiger partial charge is 0.435 e. The highest BCUT2D eigenvalue weighted by Crippen LogP contribution is 2.42. The highest BCUT2D eigenvalue weighted by Gasteiger charge is 2.49. The molecule has 0 fully saturated rings. The third-order valence-corrected chi connectivity index (χ3v) is 4.66. The molecule has 0 aliphatic rings. The van der Waals surface area contributed by atoms with Crippen molar-refractivity contribution in [3.63, 3.8) is 0 Å². The lowest BCUT2D eigenvalue weighted by Gasteiger charge is -2.27. The fourth-order valence-corrected chi connectivity index (χ4v) is 3.14. The molecule has 0 aliphatic heterocycles. The van der Waals surface area contributed by atoms with Crippen LogP contribution < -0.4 is 0 Å². The molecule has 0 aromatic heterocycles. The summed E-state index contributed by atoms with van der Waals surface area (Å²) in [5.74, 6) is -2.95. The molecule has 0 rings (SSSR count). The molecule has 0 aliphatic carbocycles. The van der Waals surface area contributed by atoms with Gasteiger partial charge in [0.25, 0.3) is 11.6 Å². The monoisotopic (exact) mass is 397 g/mol. The van der Waals surface area contributed by atoms with Gasteiger partial charge in [0.05, 0.1) is 13.2 Å². The first-order valence-electron chi connectivity index (χ1n) is 8.82. The molecule has 0 aromatic carbocycles. The summed E-state index contributed by atoms with van der Waals surface area (Å²) in [6, 6.07) is 0. The van der Waals surface area contributed by atoms with E-state index in [0.717, 1.165) is 0 Å². The van der Waals surface area contributed by atoms with Gasteiger partial charge in [-0.15, -0.1) is 0 Å². The molecule has 0 saturated heterocycles. The van der Waals surface area contributed by atoms with E-state index in [2.05, 4.69) is 0 Å². The largest absolute Gasteiger partial charge is 0.705 e. The molecule has 0 unspecified atom stereocenters. The van der Waals surface area contributed by atoms with Crippen molar-refractivity contribution < 1.29 is 42.1 Å². The van der Waals surface area contributed by atoms with Crippen LogP contribution in [0, 0.1) is 0 Å². The lowest BCUT2D eigenvalue weighted by Crippen LogP contribution is -2.38. The van der Waals surface area contributed by atoms with Crippen LogP contribution in [0.2, 0.25) is 0 Å². The van der Waals surface area contributed by atoms with Crippen LogP contribution in [0.1, 0.15) is 67.2 Å². The van der Waals surface area contributed by atoms with Gasteiger partial charge in [-0.05, 0) is 13.8 Å². The zero-order valence-corrected chi connectivity index (χ0v) is 17.3. The second-order valence-corrected chi connectivity index (χ2v) is 6.02. The van der Waals surface area contributed by atoms with Crippen LogP contribution in [0.5, 0.6) is 0 Å². The van der Waals surface area contributed by atoms with Crippen molar-refractivity contribution in [2.75, 3.05) is 13.2 Å². The summed E-state index contributed by atoms with van der Waals surface area (Å²) in [7, 11) is -2.78. The number of carbonyl (C=O) groups excluding carboxylic acids is 2. The minimum absolute atomic E-state index is 0.132. The van der Waals surface area contributed by atoms with Crippen LogP contribution in [0.4, 0.5) is 9.59 Å². The van der Waals surface area contributed by atoms with Crippen LogP contribution in [0.25, 0.3) is 0 Å². The quantitative estimate of drug-likeness (QED) is 0.254. The summed E-state index contributed by atoms with van der Waals surface area (Å²) in [6.45, 7) is 10.3. The van der Waals surface area contributed by atoms with Crippen LogP contribution in [-0.4, -0.2) is 37.1 Å². The van der Waals surface area contributed by atoms with E-state index in [4.69, 9.17) is 28.0 Å². The lowest BCUT2D eigenvalue weighted by molar-refractivity contribution is -0.190. The van der Waals surface area contributed by atoms with E-state index in [1.54, 1.807) is 41.5 Å². The second-order valence-electron chi connectivity index (χ2n) is 5.21. The van der Waals surface area contributed by atoms with Gasteiger partial charge < -0.3 is 18.9 Å². The van der Waals surface area contributed by atoms with Gasteiger partial charge in [-0.3, -0.25) is 0 Å². The van der Waals surface area contributed by atoms with Crippen molar-refractivity contribution in [2.45, 2.75) is 78.8 Å². The van der Waals surface area contributed by atoms with Gasteiger partial charge in [-0.25, -0.2) is 9.59 Å². The molecule has 152 valence electrons. The number of ether oxygens (including phenoxy) is 4. The summed E-state index contributed by atoms with van der Waals surface area (Å²) in [5, 5.41) is 0. The van der Waals surface area contributed by atoms with Crippen molar-refractivity contribution in [3.8, 4) is 0 Å². The third-order valence-electron chi connectivity index (χ3n) is 3.70. The van der Waals surface area contributed by atoms with Crippen LogP contribution >= 0.6 is 8.25 Å². The van der Waals surface area contributed by atoms with Gasteiger partial charge in [-0.2, -0.15) is 0 Å². The normalized spacial score (nSPS) is 11.6. The average molecular weight is 397 g/mol. The van der Waals surface area contributed by atoms with Gasteiger partial charge in [-0.1, -0.05) is 36.7 Å². The first kappa shape index (κ1) is 24.6. The van der Waals surface area contributed by atoms with Gasteiger partial charge in [0.1, 0.15) is 0 Å². The summed E-state index contributed by atoms with van der Waals surface area (Å²) in [5.41, 5.74) is 0. The second kappa shape index (κ2) is 12.0. The molecule has 0 spiro atoms. The fourth-order valence-electron chi connectivity index (χ4n) is 1.97. The Morgan fingerprint density at radius 3 is 1.23 bits per heavy atom. The number of carbonyl (C=O) groups is 2. The standard InChI is InChI=1S/C16H30O9P/c1-7-15(8-2,22-13(17)20-11-5)24-26(19)25-16(9-3,10-4)23-14(18)21-12-6/h7-12H2,1-6H3/q+1. The van der Waals surface area contributed by atoms with E-state index in [1.807, 2.05) is 0 Å². The van der Waals surface area contributed by atoms with Crippen molar-refractivity contribution in [1.82, 2.24) is 0 Å². The Bertz CT molecular complexity index is 419. The van der Waals surface area contributed by atoms with Crippen molar-refractivity contribution in [3.05, 3.63) is 0 Å². The molecule has 9 nitrogen and oxygen atoms in total. The van der Waals surface area contributed by atoms with E-state index in [9.17, 15) is 14.2 Å². The Balaban J connectivity index is 5.15. The first-order chi connectivity index (χ1) is 12.3. The van der Waals surface area contributed by atoms with Crippen LogP contribution in [0.15, 0.2) is 0 Å². The van der Waals surface area contributed by atoms with Gasteiger partial charge in [0, 0.05) is 30.2 Å². The summed E-state index contributed by atoms with van der Waals surface area (Å²) in [6.07, 6.45) is -0.986. The molecule has 0 saturated carbocycles. The molecule has 0 aromatic rings. The predicted molar refractivity (Wildman–Crippen MR) is 92.6 cm³/mol. The van der Waals surface area contributed by atoms with Crippen molar-refractivity contribution >= 4 is 20.6 Å². The maximum atomic E-state index is 12.4. The van der Waals surface area contributed by atoms with E-state index in [0.29, 0.717) is 0 Å². The van der Waals surface area contributed by atoms with Crippen molar-refractivity contribution in [1.29, 1.82) is 0 Å². The lowest BCUT2D eigenvalue weighted by atomic mass is 10.1. The van der Waals surface area contributed by atoms with Gasteiger partial charge in [0.15, 0.2) is 0 Å². The molecule has 10 heteroatoms. The highest BCUT2D eigenvalue weighted by atomic mass is 31.1. The topological polar surface area (TPSA) is 107 Å². The van der Waals surface area contributed by atoms with Crippen LogP contribution in [-0.2, 0) is 32.6 Å². The molecule has 0 radical (unpaired) electrons. The molecular formula is C16H30O9P+. The van der Waals surface area contributed by atoms with E-state index in [-0.39, 0.29) is 38.9 Å². The van der Waals surface area contributed by atoms with E-state index >= 15 is 0 Å². The maximum absolute atomic E-state index is 12.4. The Labute approximate surface area is 155 Å². The summed E-state index contributed by atoms with van der Waals surface area (Å²) >= 11 is 0. The van der Waals surface area contributed by atoms with E-state index < -0.39 is 32.1 Å². The summed E-state index contributed by atoms with van der Waals surface area (Å²) in [4.78, 5) is 23.3. The number of hydrogen-bond acceptors (Lipinski definition) is 9. The number of hydrogen-bond donors (Lipinski definition) is 0. The Morgan fingerprint density at radius 1 is 0.692 bits per heavy atom. The van der Waals surface area contributed by atoms with Crippen LogP contribution in [0.3, 0.4) is 0 Å². The highest BCUT2D eigenvalue weighted by molar-refractivity contribution is 7.33. The minimum atomic E-state index is -2.78. The molecule has 0 atom stereocenters. The van der Waals surface area contributed by atoms with Gasteiger partial charge in [0.2, 0.25) is 0 Å². The summed E-state index contributed by atoms with van der Waals surface area (Å²) < 4.78 is 43.0. The minimum Gasteiger partial charge on any atom is -0.435 e. The zero-order valence-electron chi connectivity index (χ0n) is 16.4. The van der Waals surface area contributed by atoms with Gasteiger partial charge >= 0.3 is 20.6 Å². The SMILES string of the molecule is CCOC(=O)OC(CC)(CC)O[P+](=O)OC(CC)(CC)OC(=O)OCC.